The van der Waals surface area contributed by atoms with Gasteiger partial charge in [0.05, 0.1) is 24.6 Å². The van der Waals surface area contributed by atoms with Crippen LogP contribution in [0.5, 0.6) is 5.88 Å². The molecule has 1 aromatic carbocycles. The van der Waals surface area contributed by atoms with Crippen LogP contribution in [0, 0.1) is 16.6 Å². The second kappa shape index (κ2) is 6.96. The van der Waals surface area contributed by atoms with Crippen LogP contribution in [0.3, 0.4) is 0 Å². The van der Waals surface area contributed by atoms with Crippen molar-refractivity contribution in [1.29, 1.82) is 0 Å². The third-order valence-electron chi connectivity index (χ3n) is 6.76. The number of primary amides is 1. The van der Waals surface area contributed by atoms with Gasteiger partial charge in [0.15, 0.2) is 0 Å². The second-order valence-corrected chi connectivity index (χ2v) is 9.07. The fourth-order valence-corrected chi connectivity index (χ4v) is 5.50. The number of carbonyl (C=O) groups excluding carboxylic acids is 2. The van der Waals surface area contributed by atoms with Gasteiger partial charge in [0.1, 0.15) is 24.0 Å². The van der Waals surface area contributed by atoms with Crippen LogP contribution in [0.15, 0.2) is 36.7 Å². The summed E-state index contributed by atoms with van der Waals surface area (Å²) in [5.41, 5.74) is 5.33. The number of nitrogens with two attached hydrogens (primary N) is 1. The highest BCUT2D eigenvalue weighted by atomic mass is 19.1. The number of likely N-dealkylation sites (tertiary alicyclic amines) is 1. The molecule has 2 aromatic rings. The molecule has 3 aliphatic carbocycles. The number of hydrogen-bond acceptors (Lipinski definition) is 5. The van der Waals surface area contributed by atoms with Crippen molar-refractivity contribution in [3.05, 3.63) is 53.7 Å². The molecule has 2 unspecified atom stereocenters. The quantitative estimate of drug-likeness (QED) is 0.763. The van der Waals surface area contributed by atoms with E-state index in [4.69, 9.17) is 10.5 Å². The molecule has 4 aliphatic rings. The molecule has 2 heterocycles. The Morgan fingerprint density at radius 3 is 2.71 bits per heavy atom. The topological polar surface area (TPSA) is 98.4 Å². The van der Waals surface area contributed by atoms with E-state index in [1.165, 1.54) is 24.5 Å². The Hall–Kier alpha value is -3.10. The van der Waals surface area contributed by atoms with Crippen LogP contribution < -0.4 is 10.5 Å². The van der Waals surface area contributed by atoms with Crippen molar-refractivity contribution in [3.63, 3.8) is 0 Å². The van der Waals surface area contributed by atoms with Gasteiger partial charge in [-0.1, -0.05) is 12.1 Å². The standard InChI is InChI=1S/C22H22F2N4O3/c23-14-3-1-2-13(4-14)17-5-15(24)7-28(17)20(30)22-8-21(9-22,10-22)11-31-18-6-16(19(25)29)26-12-27-18/h1-4,6,12,15,17H,5,7-11H2,(H2,25,29). The maximum Gasteiger partial charge on any atom is 0.267 e. The zero-order chi connectivity index (χ0) is 21.8. The predicted molar refractivity (Wildman–Crippen MR) is 105 cm³/mol. The molecule has 9 heteroatoms. The van der Waals surface area contributed by atoms with E-state index in [1.807, 2.05) is 0 Å². The summed E-state index contributed by atoms with van der Waals surface area (Å²) in [5, 5.41) is 0. The summed E-state index contributed by atoms with van der Waals surface area (Å²) >= 11 is 0. The number of hydrogen-bond donors (Lipinski definition) is 1. The lowest BCUT2D eigenvalue weighted by molar-refractivity contribution is -0.226. The lowest BCUT2D eigenvalue weighted by Gasteiger charge is -2.69. The van der Waals surface area contributed by atoms with Crippen molar-refractivity contribution in [2.24, 2.45) is 16.6 Å². The first-order valence-electron chi connectivity index (χ1n) is 10.2. The van der Waals surface area contributed by atoms with Crippen molar-refractivity contribution >= 4 is 11.8 Å². The monoisotopic (exact) mass is 428 g/mol. The normalized spacial score (nSPS) is 31.0. The van der Waals surface area contributed by atoms with Crippen molar-refractivity contribution in [2.75, 3.05) is 13.2 Å². The van der Waals surface area contributed by atoms with Crippen LogP contribution in [0.4, 0.5) is 8.78 Å². The highest BCUT2D eigenvalue weighted by molar-refractivity contribution is 5.90. The van der Waals surface area contributed by atoms with Gasteiger partial charge in [-0.2, -0.15) is 0 Å². The lowest BCUT2D eigenvalue weighted by atomic mass is 9.35. The summed E-state index contributed by atoms with van der Waals surface area (Å²) in [7, 11) is 0. The third-order valence-corrected chi connectivity index (χ3v) is 6.76. The summed E-state index contributed by atoms with van der Waals surface area (Å²) < 4.78 is 33.6. The van der Waals surface area contributed by atoms with Gasteiger partial charge < -0.3 is 15.4 Å². The van der Waals surface area contributed by atoms with E-state index < -0.39 is 29.4 Å². The van der Waals surface area contributed by atoms with Crippen LogP contribution in [0.1, 0.15) is 47.8 Å². The molecule has 31 heavy (non-hydrogen) atoms. The number of benzene rings is 1. The fourth-order valence-electron chi connectivity index (χ4n) is 5.50. The molecule has 2 atom stereocenters. The molecule has 0 radical (unpaired) electrons. The average Bonchev–Trinajstić information content (AvgIpc) is 3.08. The maximum absolute atomic E-state index is 14.2. The van der Waals surface area contributed by atoms with Crippen LogP contribution in [-0.2, 0) is 4.79 Å². The Balaban J connectivity index is 1.23. The van der Waals surface area contributed by atoms with Gasteiger partial charge in [-0.3, -0.25) is 9.59 Å². The Kier molecular flexibility index (Phi) is 4.46. The van der Waals surface area contributed by atoms with Gasteiger partial charge in [-0.15, -0.1) is 0 Å². The minimum Gasteiger partial charge on any atom is -0.477 e. The Morgan fingerprint density at radius 1 is 1.23 bits per heavy atom. The van der Waals surface area contributed by atoms with Crippen LogP contribution in [0.25, 0.3) is 0 Å². The fraction of sp³-hybridized carbons (Fsp3) is 0.455. The van der Waals surface area contributed by atoms with Gasteiger partial charge in [0.25, 0.3) is 5.91 Å². The van der Waals surface area contributed by atoms with Crippen LogP contribution >= 0.6 is 0 Å². The molecule has 3 saturated carbocycles. The highest BCUT2D eigenvalue weighted by Gasteiger charge is 2.72. The summed E-state index contributed by atoms with van der Waals surface area (Å²) in [6.07, 6.45) is 2.28. The van der Waals surface area contributed by atoms with E-state index in [2.05, 4.69) is 9.97 Å². The highest BCUT2D eigenvalue weighted by Crippen LogP contribution is 2.74. The third kappa shape index (κ3) is 3.32. The largest absolute Gasteiger partial charge is 0.477 e. The Bertz CT molecular complexity index is 1040. The zero-order valence-electron chi connectivity index (χ0n) is 16.8. The van der Waals surface area contributed by atoms with Gasteiger partial charge in [0, 0.05) is 17.9 Å². The Labute approximate surface area is 177 Å². The first-order chi connectivity index (χ1) is 14.8. The minimum atomic E-state index is -1.11. The molecule has 6 rings (SSSR count). The van der Waals surface area contributed by atoms with Crippen molar-refractivity contribution < 1.29 is 23.1 Å². The summed E-state index contributed by atoms with van der Waals surface area (Å²) in [5.74, 6) is -0.841. The van der Waals surface area contributed by atoms with Crippen LogP contribution in [-0.4, -0.2) is 46.0 Å². The minimum absolute atomic E-state index is 0.0437. The number of rotatable bonds is 6. The molecule has 1 aliphatic heterocycles. The molecule has 162 valence electrons. The molecule has 0 spiro atoms. The molecule has 2 amide bonds. The second-order valence-electron chi connectivity index (χ2n) is 9.07. The summed E-state index contributed by atoms with van der Waals surface area (Å²) in [4.78, 5) is 33.9. The smallest absolute Gasteiger partial charge is 0.267 e. The molecular weight excluding hydrogens is 406 g/mol. The van der Waals surface area contributed by atoms with E-state index >= 15 is 0 Å². The number of ether oxygens (including phenoxy) is 1. The number of aromatic nitrogens is 2. The van der Waals surface area contributed by atoms with E-state index in [-0.39, 0.29) is 35.9 Å². The molecule has 2 bridgehead atoms. The first kappa shape index (κ1) is 19.8. The zero-order valence-corrected chi connectivity index (χ0v) is 16.8. The number of amides is 2. The molecular formula is C22H22F2N4O3. The predicted octanol–water partition coefficient (Wildman–Crippen LogP) is 2.58. The van der Waals surface area contributed by atoms with Gasteiger partial charge in [-0.05, 0) is 37.0 Å². The number of halogens is 2. The van der Waals surface area contributed by atoms with Crippen molar-refractivity contribution in [3.8, 4) is 5.88 Å². The number of carbonyl (C=O) groups is 2. The molecule has 2 N–H and O–H groups in total. The Morgan fingerprint density at radius 2 is 2.00 bits per heavy atom. The van der Waals surface area contributed by atoms with E-state index in [9.17, 15) is 18.4 Å². The lowest BCUT2D eigenvalue weighted by Crippen LogP contribution is -2.69. The molecule has 1 aromatic heterocycles. The average molecular weight is 428 g/mol. The van der Waals surface area contributed by atoms with Gasteiger partial charge >= 0.3 is 0 Å². The van der Waals surface area contributed by atoms with Crippen molar-refractivity contribution in [1.82, 2.24) is 14.9 Å². The summed E-state index contributed by atoms with van der Waals surface area (Å²) in [6, 6.07) is 7.00. The van der Waals surface area contributed by atoms with Crippen molar-refractivity contribution in [2.45, 2.75) is 37.9 Å². The van der Waals surface area contributed by atoms with E-state index in [0.29, 0.717) is 31.4 Å². The SMILES string of the molecule is NC(=O)c1cc(OCC23CC(C(=O)N4CC(F)CC4c4cccc(F)c4)(C2)C3)ncn1. The summed E-state index contributed by atoms with van der Waals surface area (Å²) in [6.45, 7) is 0.415. The number of alkyl halides is 1. The van der Waals surface area contributed by atoms with Gasteiger partial charge in [-0.25, -0.2) is 18.7 Å². The first-order valence-corrected chi connectivity index (χ1v) is 10.2. The number of nitrogens with zero attached hydrogens (tertiary/aromatic N) is 3. The van der Waals surface area contributed by atoms with Gasteiger partial charge in [0.2, 0.25) is 11.8 Å². The van der Waals surface area contributed by atoms with Crippen LogP contribution in [0.2, 0.25) is 0 Å². The maximum atomic E-state index is 14.2. The van der Waals surface area contributed by atoms with E-state index in [1.54, 1.807) is 17.0 Å². The van der Waals surface area contributed by atoms with E-state index in [0.717, 1.165) is 0 Å². The molecule has 4 fully saturated rings. The molecule has 1 saturated heterocycles. The molecule has 7 nitrogen and oxygen atoms in total.